The van der Waals surface area contributed by atoms with Gasteiger partial charge in [-0.2, -0.15) is 0 Å². The summed E-state index contributed by atoms with van der Waals surface area (Å²) in [6.45, 7) is 1.92. The van der Waals surface area contributed by atoms with E-state index in [2.05, 4.69) is 9.97 Å². The number of halogens is 1. The third-order valence-electron chi connectivity index (χ3n) is 4.19. The molecule has 0 unspecified atom stereocenters. The second-order valence-corrected chi connectivity index (χ2v) is 9.27. The van der Waals surface area contributed by atoms with Crippen LogP contribution in [0.3, 0.4) is 0 Å². The SMILES string of the molecule is Cc1ccc(-c2ncc(Cl)cc2-c2ccc(S(C)(=O)=O)cc2)cn1.O=C(O)CCC(=O)O. The summed E-state index contributed by atoms with van der Waals surface area (Å²) in [5, 5.41) is 16.3. The molecular formula is C22H21ClN2O6S. The zero-order valence-corrected chi connectivity index (χ0v) is 18.9. The summed E-state index contributed by atoms with van der Waals surface area (Å²) in [5.41, 5.74) is 4.21. The number of carboxylic acids is 2. The van der Waals surface area contributed by atoms with Gasteiger partial charge in [0.05, 0.1) is 28.5 Å². The Morgan fingerprint density at radius 3 is 1.94 bits per heavy atom. The number of aryl methyl sites for hydroxylation is 1. The fourth-order valence-electron chi connectivity index (χ4n) is 2.59. The minimum Gasteiger partial charge on any atom is -0.481 e. The molecule has 0 saturated heterocycles. The number of pyridine rings is 2. The monoisotopic (exact) mass is 476 g/mol. The molecule has 1 aromatic carbocycles. The number of hydrogen-bond acceptors (Lipinski definition) is 6. The van der Waals surface area contributed by atoms with E-state index >= 15 is 0 Å². The van der Waals surface area contributed by atoms with Gasteiger partial charge in [0.25, 0.3) is 0 Å². The molecule has 0 fully saturated rings. The van der Waals surface area contributed by atoms with Gasteiger partial charge in [0.2, 0.25) is 0 Å². The first-order valence-electron chi connectivity index (χ1n) is 9.30. The summed E-state index contributed by atoms with van der Waals surface area (Å²) in [5.74, 6) is -2.15. The van der Waals surface area contributed by atoms with Crippen LogP contribution in [0.25, 0.3) is 22.4 Å². The third kappa shape index (κ3) is 7.44. The maximum absolute atomic E-state index is 11.6. The predicted octanol–water partition coefficient (Wildman–Crippen LogP) is 4.11. The summed E-state index contributed by atoms with van der Waals surface area (Å²) >= 11 is 6.11. The highest BCUT2D eigenvalue weighted by atomic mass is 35.5. The Bertz CT molecular complexity index is 1200. The number of carbonyl (C=O) groups is 2. The molecule has 2 N–H and O–H groups in total. The molecule has 0 radical (unpaired) electrons. The Balaban J connectivity index is 0.000000390. The van der Waals surface area contributed by atoms with Crippen LogP contribution in [0, 0.1) is 6.92 Å². The Labute approximate surface area is 190 Å². The van der Waals surface area contributed by atoms with Gasteiger partial charge in [0, 0.05) is 35.5 Å². The number of sulfone groups is 1. The zero-order valence-electron chi connectivity index (χ0n) is 17.3. The van der Waals surface area contributed by atoms with E-state index < -0.39 is 21.8 Å². The van der Waals surface area contributed by atoms with E-state index in [0.717, 1.165) is 28.1 Å². The second-order valence-electron chi connectivity index (χ2n) is 6.82. The average Bonchev–Trinajstić information content (AvgIpc) is 2.73. The molecule has 0 amide bonds. The Hall–Kier alpha value is -3.30. The van der Waals surface area contributed by atoms with E-state index in [1.54, 1.807) is 36.7 Å². The minimum atomic E-state index is -3.23. The Morgan fingerprint density at radius 1 is 0.906 bits per heavy atom. The molecule has 3 aromatic rings. The first-order chi connectivity index (χ1) is 15.0. The quantitative estimate of drug-likeness (QED) is 0.542. The molecule has 0 aliphatic carbocycles. The Morgan fingerprint density at radius 2 is 1.47 bits per heavy atom. The molecule has 0 saturated carbocycles. The second kappa shape index (κ2) is 10.8. The normalized spacial score (nSPS) is 10.7. The molecule has 2 heterocycles. The van der Waals surface area contributed by atoms with Gasteiger partial charge >= 0.3 is 11.9 Å². The van der Waals surface area contributed by atoms with Crippen molar-refractivity contribution in [3.8, 4) is 22.4 Å². The van der Waals surface area contributed by atoms with Crippen molar-refractivity contribution < 1.29 is 28.2 Å². The van der Waals surface area contributed by atoms with Crippen LogP contribution < -0.4 is 0 Å². The fraction of sp³-hybridized carbons (Fsp3) is 0.182. The summed E-state index contributed by atoms with van der Waals surface area (Å²) in [4.78, 5) is 28.3. The van der Waals surface area contributed by atoms with Crippen molar-refractivity contribution >= 4 is 33.4 Å². The predicted molar refractivity (Wildman–Crippen MR) is 120 cm³/mol. The minimum absolute atomic E-state index is 0.278. The van der Waals surface area contributed by atoms with Crippen LogP contribution in [0.4, 0.5) is 0 Å². The topological polar surface area (TPSA) is 135 Å². The van der Waals surface area contributed by atoms with Crippen LogP contribution in [0.15, 0.2) is 59.8 Å². The van der Waals surface area contributed by atoms with E-state index in [1.807, 2.05) is 25.1 Å². The molecule has 10 heteroatoms. The number of hydrogen-bond donors (Lipinski definition) is 2. The van der Waals surface area contributed by atoms with E-state index in [1.165, 1.54) is 6.26 Å². The molecule has 0 atom stereocenters. The number of aliphatic carboxylic acids is 2. The van der Waals surface area contributed by atoms with Gasteiger partial charge in [-0.3, -0.25) is 19.6 Å². The largest absolute Gasteiger partial charge is 0.481 e. The van der Waals surface area contributed by atoms with Gasteiger partial charge < -0.3 is 10.2 Å². The van der Waals surface area contributed by atoms with Gasteiger partial charge in [-0.1, -0.05) is 23.7 Å². The van der Waals surface area contributed by atoms with Crippen LogP contribution in [0.5, 0.6) is 0 Å². The number of rotatable bonds is 6. The molecule has 0 spiro atoms. The van der Waals surface area contributed by atoms with Crippen LogP contribution in [0.1, 0.15) is 18.5 Å². The van der Waals surface area contributed by atoms with Gasteiger partial charge in [-0.15, -0.1) is 0 Å². The van der Waals surface area contributed by atoms with Crippen molar-refractivity contribution in [1.29, 1.82) is 0 Å². The van der Waals surface area contributed by atoms with Crippen LogP contribution in [-0.4, -0.2) is 46.8 Å². The molecule has 168 valence electrons. The van der Waals surface area contributed by atoms with Gasteiger partial charge in [-0.25, -0.2) is 8.42 Å². The summed E-state index contributed by atoms with van der Waals surface area (Å²) in [6, 6.07) is 12.4. The number of nitrogens with zero attached hydrogens (tertiary/aromatic N) is 2. The van der Waals surface area contributed by atoms with E-state index in [4.69, 9.17) is 21.8 Å². The van der Waals surface area contributed by atoms with Crippen molar-refractivity contribution in [2.24, 2.45) is 0 Å². The van der Waals surface area contributed by atoms with Gasteiger partial charge in [-0.05, 0) is 42.8 Å². The highest BCUT2D eigenvalue weighted by molar-refractivity contribution is 7.90. The lowest BCUT2D eigenvalue weighted by atomic mass is 10.0. The fourth-order valence-corrected chi connectivity index (χ4v) is 3.38. The lowest BCUT2D eigenvalue weighted by Crippen LogP contribution is -2.00. The van der Waals surface area contributed by atoms with Crippen molar-refractivity contribution in [3.63, 3.8) is 0 Å². The van der Waals surface area contributed by atoms with Crippen molar-refractivity contribution in [1.82, 2.24) is 9.97 Å². The molecule has 2 aromatic heterocycles. The highest BCUT2D eigenvalue weighted by Gasteiger charge is 2.12. The van der Waals surface area contributed by atoms with E-state index in [0.29, 0.717) is 5.02 Å². The van der Waals surface area contributed by atoms with Gasteiger partial charge in [0.1, 0.15) is 0 Å². The van der Waals surface area contributed by atoms with Gasteiger partial charge in [0.15, 0.2) is 9.84 Å². The van der Waals surface area contributed by atoms with E-state index in [9.17, 15) is 18.0 Å². The molecule has 8 nitrogen and oxygen atoms in total. The molecule has 3 rings (SSSR count). The lowest BCUT2D eigenvalue weighted by molar-refractivity contribution is -0.143. The number of benzene rings is 1. The smallest absolute Gasteiger partial charge is 0.303 e. The Kier molecular flexibility index (Phi) is 8.45. The number of carboxylic acid groups (broad SMARTS) is 2. The van der Waals surface area contributed by atoms with Crippen molar-refractivity contribution in [2.75, 3.05) is 6.26 Å². The zero-order chi connectivity index (χ0) is 23.9. The van der Waals surface area contributed by atoms with Crippen molar-refractivity contribution in [3.05, 3.63) is 65.6 Å². The lowest BCUT2D eigenvalue weighted by Gasteiger charge is -2.10. The first kappa shape index (κ1) is 25.0. The molecule has 32 heavy (non-hydrogen) atoms. The number of aromatic nitrogens is 2. The maximum atomic E-state index is 11.6. The summed E-state index contributed by atoms with van der Waals surface area (Å²) < 4.78 is 23.2. The maximum Gasteiger partial charge on any atom is 0.303 e. The van der Waals surface area contributed by atoms with Crippen LogP contribution >= 0.6 is 11.6 Å². The first-order valence-corrected chi connectivity index (χ1v) is 11.6. The highest BCUT2D eigenvalue weighted by Crippen LogP contribution is 2.32. The summed E-state index contributed by atoms with van der Waals surface area (Å²) in [6.07, 6.45) is 3.95. The van der Waals surface area contributed by atoms with Crippen LogP contribution in [-0.2, 0) is 19.4 Å². The molecule has 0 aliphatic heterocycles. The molecule has 0 bridgehead atoms. The molecule has 0 aliphatic rings. The third-order valence-corrected chi connectivity index (χ3v) is 5.52. The average molecular weight is 477 g/mol. The van der Waals surface area contributed by atoms with Crippen molar-refractivity contribution in [2.45, 2.75) is 24.7 Å². The van der Waals surface area contributed by atoms with E-state index in [-0.39, 0.29) is 17.7 Å². The molecular weight excluding hydrogens is 456 g/mol. The van der Waals surface area contributed by atoms with Crippen LogP contribution in [0.2, 0.25) is 5.02 Å². The standard InChI is InChI=1S/C18H15ClN2O2S.C4H6O4/c1-12-3-4-14(10-20-12)18-17(9-15(19)11-21-18)13-5-7-16(8-6-13)24(2,22)23;5-3(6)1-2-4(7)8/h3-11H,1-2H3;1-2H2,(H,5,6)(H,7,8). The summed E-state index contributed by atoms with van der Waals surface area (Å²) in [7, 11) is -3.23.